The average Bonchev–Trinajstić information content (AvgIpc) is 3.46. The van der Waals surface area contributed by atoms with Crippen LogP contribution in [0.2, 0.25) is 0 Å². The third kappa shape index (κ3) is 24.1. The van der Waals surface area contributed by atoms with Crippen molar-refractivity contribution in [2.75, 3.05) is 165 Å². The minimum absolute atomic E-state index is 0.120. The summed E-state index contributed by atoms with van der Waals surface area (Å²) >= 11 is 0. The van der Waals surface area contributed by atoms with Gasteiger partial charge in [-0.2, -0.15) is 4.39 Å². The highest BCUT2D eigenvalue weighted by atomic mass is 19.2. The predicted octanol–water partition coefficient (Wildman–Crippen LogP) is 3.25. The van der Waals surface area contributed by atoms with Crippen molar-refractivity contribution >= 4 is 17.8 Å². The molecule has 360 valence electrons. The standard InChI is InChI=1S/C42H63F4NO16/c43-33-31-36(44)39(46)40(37(45)32-33)63-38(48)5-7-51-9-11-53-13-15-55-17-19-57-21-23-59-25-27-61-29-30-62-28-26-60-24-22-58-20-18-56-16-14-54-12-10-52-8-6-47-41(49)34-3-1-2-4-35(34)42(47)50/h1,3,31,33,37H,2,4-30,32H2. The number of ether oxygens (including phenoxy) is 13. The van der Waals surface area contributed by atoms with Crippen LogP contribution in [0, 0.1) is 0 Å². The fourth-order valence-corrected chi connectivity index (χ4v) is 5.67. The van der Waals surface area contributed by atoms with Gasteiger partial charge in [0.15, 0.2) is 23.6 Å². The summed E-state index contributed by atoms with van der Waals surface area (Å²) in [6, 6.07) is 0. The number of allylic oxidation sites excluding steroid dienone is 5. The van der Waals surface area contributed by atoms with Crippen molar-refractivity contribution in [1.29, 1.82) is 0 Å². The molecular weight excluding hydrogens is 850 g/mol. The minimum Gasteiger partial charge on any atom is -0.425 e. The van der Waals surface area contributed by atoms with Crippen molar-refractivity contribution in [3.8, 4) is 0 Å². The first kappa shape index (κ1) is 54.1. The number of carbonyl (C=O) groups is 3. The van der Waals surface area contributed by atoms with Crippen molar-refractivity contribution in [3.05, 3.63) is 46.8 Å². The van der Waals surface area contributed by atoms with Gasteiger partial charge in [0.05, 0.1) is 172 Å². The van der Waals surface area contributed by atoms with Crippen LogP contribution in [-0.4, -0.2) is 200 Å². The van der Waals surface area contributed by atoms with E-state index in [2.05, 4.69) is 4.74 Å². The Balaban J connectivity index is 0.916. The largest absolute Gasteiger partial charge is 0.425 e. The Labute approximate surface area is 365 Å². The Morgan fingerprint density at radius 3 is 1.33 bits per heavy atom. The summed E-state index contributed by atoms with van der Waals surface area (Å²) in [6.45, 7) is 8.92. The van der Waals surface area contributed by atoms with Crippen molar-refractivity contribution in [2.24, 2.45) is 0 Å². The van der Waals surface area contributed by atoms with E-state index < -0.39 is 42.1 Å². The van der Waals surface area contributed by atoms with Crippen LogP contribution in [0.3, 0.4) is 0 Å². The molecular formula is C42H63F4NO16. The van der Waals surface area contributed by atoms with Gasteiger partial charge >= 0.3 is 5.97 Å². The van der Waals surface area contributed by atoms with Crippen LogP contribution in [0.15, 0.2) is 46.8 Å². The minimum atomic E-state index is -2.29. The summed E-state index contributed by atoms with van der Waals surface area (Å²) in [5.41, 5.74) is 1.12. The highest BCUT2D eigenvalue weighted by molar-refractivity contribution is 6.20. The van der Waals surface area contributed by atoms with E-state index in [1.54, 1.807) is 6.08 Å². The topological polar surface area (TPSA) is 174 Å². The highest BCUT2D eigenvalue weighted by Crippen LogP contribution is 2.31. The first-order valence-corrected chi connectivity index (χ1v) is 21.2. The van der Waals surface area contributed by atoms with Gasteiger partial charge in [-0.3, -0.25) is 19.3 Å². The maximum Gasteiger partial charge on any atom is 0.313 e. The van der Waals surface area contributed by atoms with Crippen LogP contribution < -0.4 is 0 Å². The molecule has 0 aromatic heterocycles. The number of hydrogen-bond acceptors (Lipinski definition) is 16. The molecule has 0 bridgehead atoms. The van der Waals surface area contributed by atoms with Gasteiger partial charge in [0.2, 0.25) is 0 Å². The normalized spacial score (nSPS) is 17.8. The number of amides is 2. The van der Waals surface area contributed by atoms with Gasteiger partial charge in [0.25, 0.3) is 11.8 Å². The average molecular weight is 914 g/mol. The van der Waals surface area contributed by atoms with Crippen LogP contribution in [0.5, 0.6) is 0 Å². The molecule has 0 fully saturated rings. The number of rotatable bonds is 40. The summed E-state index contributed by atoms with van der Waals surface area (Å²) in [7, 11) is 0. The number of halogens is 4. The smallest absolute Gasteiger partial charge is 0.313 e. The van der Waals surface area contributed by atoms with E-state index in [-0.39, 0.29) is 51.2 Å². The van der Waals surface area contributed by atoms with Crippen molar-refractivity contribution in [2.45, 2.75) is 38.0 Å². The second-order valence-corrected chi connectivity index (χ2v) is 13.6. The van der Waals surface area contributed by atoms with Crippen molar-refractivity contribution in [1.82, 2.24) is 4.90 Å². The molecule has 0 aromatic carbocycles. The second kappa shape index (κ2) is 35.1. The third-order valence-electron chi connectivity index (χ3n) is 8.84. The van der Waals surface area contributed by atoms with Gasteiger partial charge < -0.3 is 61.6 Å². The monoisotopic (exact) mass is 913 g/mol. The molecule has 0 saturated carbocycles. The van der Waals surface area contributed by atoms with Gasteiger partial charge in [-0.25, -0.2) is 13.2 Å². The highest BCUT2D eigenvalue weighted by Gasteiger charge is 2.37. The number of nitrogens with zero attached hydrogens (tertiary/aromatic N) is 1. The molecule has 3 rings (SSSR count). The van der Waals surface area contributed by atoms with Crippen LogP contribution in [0.1, 0.15) is 25.7 Å². The maximum absolute atomic E-state index is 13.9. The summed E-state index contributed by atoms with van der Waals surface area (Å²) < 4.78 is 124. The Kier molecular flexibility index (Phi) is 30.2. The predicted molar refractivity (Wildman–Crippen MR) is 214 cm³/mol. The summed E-state index contributed by atoms with van der Waals surface area (Å²) in [4.78, 5) is 37.8. The number of imide groups is 1. The lowest BCUT2D eigenvalue weighted by atomic mass is 10.00. The molecule has 2 amide bonds. The summed E-state index contributed by atoms with van der Waals surface area (Å²) in [6.07, 6.45) is -0.184. The first-order valence-electron chi connectivity index (χ1n) is 21.2. The maximum atomic E-state index is 13.9. The SMILES string of the molecule is O=C(CCOCCOCCOCCOCCOCCOCCOCCOCCOCCOCCOCCOCCN1C(=O)C2=C(CCC=C2)C1=O)OC1=C(F)C(F)=CC(F)CC1F. The molecule has 2 unspecified atom stereocenters. The molecule has 0 saturated heterocycles. The lowest BCUT2D eigenvalue weighted by Gasteiger charge is -2.15. The molecule has 2 atom stereocenters. The Bertz CT molecular complexity index is 1430. The van der Waals surface area contributed by atoms with Crippen molar-refractivity contribution in [3.63, 3.8) is 0 Å². The van der Waals surface area contributed by atoms with E-state index in [0.717, 1.165) is 6.42 Å². The lowest BCUT2D eigenvalue weighted by Crippen LogP contribution is -2.34. The van der Waals surface area contributed by atoms with E-state index in [9.17, 15) is 31.9 Å². The van der Waals surface area contributed by atoms with Crippen LogP contribution in [0.4, 0.5) is 17.6 Å². The van der Waals surface area contributed by atoms with Crippen LogP contribution in [-0.2, 0) is 76.0 Å². The summed E-state index contributed by atoms with van der Waals surface area (Å²) in [5, 5.41) is 0. The van der Waals surface area contributed by atoms with E-state index in [1.807, 2.05) is 6.08 Å². The molecule has 63 heavy (non-hydrogen) atoms. The van der Waals surface area contributed by atoms with E-state index >= 15 is 0 Å². The molecule has 21 heteroatoms. The third-order valence-corrected chi connectivity index (χ3v) is 8.84. The van der Waals surface area contributed by atoms with E-state index in [0.29, 0.717) is 156 Å². The number of hydrogen-bond donors (Lipinski definition) is 0. The zero-order valence-electron chi connectivity index (χ0n) is 35.9. The van der Waals surface area contributed by atoms with Gasteiger partial charge in [-0.1, -0.05) is 12.2 Å². The second-order valence-electron chi connectivity index (χ2n) is 13.6. The van der Waals surface area contributed by atoms with Gasteiger partial charge in [0, 0.05) is 17.6 Å². The molecule has 0 spiro atoms. The molecule has 1 aliphatic heterocycles. The van der Waals surface area contributed by atoms with Gasteiger partial charge in [0.1, 0.15) is 6.17 Å². The molecule has 0 N–H and O–H groups in total. The van der Waals surface area contributed by atoms with E-state index in [1.165, 1.54) is 4.90 Å². The lowest BCUT2D eigenvalue weighted by molar-refractivity contribution is -0.142. The Morgan fingerprint density at radius 2 is 0.937 bits per heavy atom. The Hall–Kier alpha value is -3.19. The number of alkyl halides is 2. The summed E-state index contributed by atoms with van der Waals surface area (Å²) in [5.74, 6) is -6.00. The zero-order valence-corrected chi connectivity index (χ0v) is 35.9. The van der Waals surface area contributed by atoms with Gasteiger partial charge in [-0.05, 0) is 18.9 Å². The Morgan fingerprint density at radius 1 is 0.556 bits per heavy atom. The molecule has 0 aromatic rings. The first-order chi connectivity index (χ1) is 30.8. The molecule has 1 heterocycles. The molecule has 0 radical (unpaired) electrons. The van der Waals surface area contributed by atoms with Crippen LogP contribution in [0.25, 0.3) is 0 Å². The quantitative estimate of drug-likeness (QED) is 0.0379. The molecule has 2 aliphatic carbocycles. The number of esters is 1. The van der Waals surface area contributed by atoms with E-state index in [4.69, 9.17) is 56.8 Å². The molecule has 17 nitrogen and oxygen atoms in total. The molecule has 3 aliphatic rings. The van der Waals surface area contributed by atoms with Crippen molar-refractivity contribution < 1.29 is 93.5 Å². The van der Waals surface area contributed by atoms with Crippen LogP contribution >= 0.6 is 0 Å². The van der Waals surface area contributed by atoms with Gasteiger partial charge in [-0.15, -0.1) is 0 Å². The zero-order chi connectivity index (χ0) is 45.2. The fourth-order valence-electron chi connectivity index (χ4n) is 5.67. The fraction of sp³-hybridized carbons (Fsp3) is 0.738. The number of carbonyl (C=O) groups excluding carboxylic acids is 3.